The number of rotatable bonds is 4. The van der Waals surface area contributed by atoms with Gasteiger partial charge in [-0.05, 0) is 30.5 Å². The van der Waals surface area contributed by atoms with Crippen LogP contribution in [-0.2, 0) is 0 Å². The summed E-state index contributed by atoms with van der Waals surface area (Å²) >= 11 is 0. The van der Waals surface area contributed by atoms with Gasteiger partial charge in [-0.25, -0.2) is 4.39 Å². The van der Waals surface area contributed by atoms with Crippen LogP contribution in [0.3, 0.4) is 0 Å². The standard InChI is InChI=1S/C13H15FO/c1-4-6-10(5-2)12-9-11(14)7-8-13(12)15-3/h1,7-10H,5-6H2,2-3H3. The van der Waals surface area contributed by atoms with Gasteiger partial charge in [0, 0.05) is 12.0 Å². The maximum Gasteiger partial charge on any atom is 0.123 e. The Hall–Kier alpha value is -1.49. The van der Waals surface area contributed by atoms with Gasteiger partial charge in [-0.3, -0.25) is 0 Å². The largest absolute Gasteiger partial charge is 0.496 e. The van der Waals surface area contributed by atoms with Crippen molar-refractivity contribution in [1.29, 1.82) is 0 Å². The number of hydrogen-bond donors (Lipinski definition) is 0. The smallest absolute Gasteiger partial charge is 0.123 e. The average molecular weight is 206 g/mol. The summed E-state index contributed by atoms with van der Waals surface area (Å²) in [5.74, 6) is 3.24. The molecular weight excluding hydrogens is 191 g/mol. The second kappa shape index (κ2) is 5.41. The van der Waals surface area contributed by atoms with Gasteiger partial charge < -0.3 is 4.74 Å². The van der Waals surface area contributed by atoms with Crippen molar-refractivity contribution in [3.8, 4) is 18.1 Å². The van der Waals surface area contributed by atoms with Crippen LogP contribution in [0.15, 0.2) is 18.2 Å². The third-order valence-electron chi connectivity index (χ3n) is 2.49. The number of hydrogen-bond acceptors (Lipinski definition) is 1. The highest BCUT2D eigenvalue weighted by Gasteiger charge is 2.14. The lowest BCUT2D eigenvalue weighted by Gasteiger charge is -2.16. The van der Waals surface area contributed by atoms with E-state index in [4.69, 9.17) is 11.2 Å². The molecule has 2 heteroatoms. The molecule has 0 saturated carbocycles. The first-order valence-electron chi connectivity index (χ1n) is 4.99. The van der Waals surface area contributed by atoms with E-state index in [0.717, 1.165) is 12.0 Å². The molecule has 80 valence electrons. The molecule has 0 N–H and O–H groups in total. The van der Waals surface area contributed by atoms with Crippen LogP contribution in [0.2, 0.25) is 0 Å². The van der Waals surface area contributed by atoms with Gasteiger partial charge in [-0.2, -0.15) is 0 Å². The van der Waals surface area contributed by atoms with Gasteiger partial charge in [0.25, 0.3) is 0 Å². The van der Waals surface area contributed by atoms with E-state index < -0.39 is 0 Å². The highest BCUT2D eigenvalue weighted by molar-refractivity contribution is 5.37. The fourth-order valence-electron chi connectivity index (χ4n) is 1.64. The summed E-state index contributed by atoms with van der Waals surface area (Å²) < 4.78 is 18.3. The number of benzene rings is 1. The Balaban J connectivity index is 3.09. The lowest BCUT2D eigenvalue weighted by molar-refractivity contribution is 0.403. The summed E-state index contributed by atoms with van der Waals surface area (Å²) in [5, 5.41) is 0. The van der Waals surface area contributed by atoms with E-state index in [2.05, 4.69) is 5.92 Å². The van der Waals surface area contributed by atoms with Crippen molar-refractivity contribution in [3.63, 3.8) is 0 Å². The second-order valence-corrected chi connectivity index (χ2v) is 3.40. The minimum Gasteiger partial charge on any atom is -0.496 e. The van der Waals surface area contributed by atoms with Gasteiger partial charge in [-0.15, -0.1) is 12.3 Å². The van der Waals surface area contributed by atoms with E-state index in [0.29, 0.717) is 12.2 Å². The number of ether oxygens (including phenoxy) is 1. The molecule has 0 saturated heterocycles. The molecule has 1 atom stereocenters. The van der Waals surface area contributed by atoms with Crippen LogP contribution < -0.4 is 4.74 Å². The molecule has 0 amide bonds. The van der Waals surface area contributed by atoms with Crippen LogP contribution in [0.1, 0.15) is 31.2 Å². The minimum absolute atomic E-state index is 0.167. The van der Waals surface area contributed by atoms with Crippen molar-refractivity contribution >= 4 is 0 Å². The highest BCUT2D eigenvalue weighted by Crippen LogP contribution is 2.31. The summed E-state index contributed by atoms with van der Waals surface area (Å²) in [4.78, 5) is 0. The Morgan fingerprint density at radius 1 is 1.53 bits per heavy atom. The van der Waals surface area contributed by atoms with E-state index in [1.807, 2.05) is 6.92 Å². The molecule has 1 unspecified atom stereocenters. The lowest BCUT2D eigenvalue weighted by atomic mass is 9.92. The van der Waals surface area contributed by atoms with Crippen LogP contribution in [0.5, 0.6) is 5.75 Å². The summed E-state index contributed by atoms with van der Waals surface area (Å²) in [6, 6.07) is 4.54. The monoisotopic (exact) mass is 206 g/mol. The molecule has 0 radical (unpaired) electrons. The van der Waals surface area contributed by atoms with Gasteiger partial charge in [-0.1, -0.05) is 6.92 Å². The molecule has 15 heavy (non-hydrogen) atoms. The van der Waals surface area contributed by atoms with Crippen molar-refractivity contribution < 1.29 is 9.13 Å². The van der Waals surface area contributed by atoms with Crippen molar-refractivity contribution in [2.45, 2.75) is 25.7 Å². The predicted molar refractivity (Wildman–Crippen MR) is 59.4 cm³/mol. The maximum atomic E-state index is 13.1. The zero-order valence-corrected chi connectivity index (χ0v) is 9.09. The van der Waals surface area contributed by atoms with E-state index in [-0.39, 0.29) is 11.7 Å². The minimum atomic E-state index is -0.249. The topological polar surface area (TPSA) is 9.23 Å². The fraction of sp³-hybridized carbons (Fsp3) is 0.385. The molecule has 0 aliphatic rings. The fourth-order valence-corrected chi connectivity index (χ4v) is 1.64. The molecule has 0 spiro atoms. The van der Waals surface area contributed by atoms with Gasteiger partial charge in [0.2, 0.25) is 0 Å². The van der Waals surface area contributed by atoms with Crippen molar-refractivity contribution in [1.82, 2.24) is 0 Å². The van der Waals surface area contributed by atoms with E-state index in [9.17, 15) is 4.39 Å². The van der Waals surface area contributed by atoms with Crippen LogP contribution in [0, 0.1) is 18.2 Å². The molecule has 0 aliphatic heterocycles. The van der Waals surface area contributed by atoms with Crippen LogP contribution in [0.4, 0.5) is 4.39 Å². The molecule has 0 bridgehead atoms. The Kier molecular flexibility index (Phi) is 4.17. The Morgan fingerprint density at radius 3 is 2.80 bits per heavy atom. The van der Waals surface area contributed by atoms with Gasteiger partial charge in [0.15, 0.2) is 0 Å². The third-order valence-corrected chi connectivity index (χ3v) is 2.49. The maximum absolute atomic E-state index is 13.1. The van der Waals surface area contributed by atoms with Crippen molar-refractivity contribution in [3.05, 3.63) is 29.6 Å². The summed E-state index contributed by atoms with van der Waals surface area (Å²) in [5.41, 5.74) is 0.859. The van der Waals surface area contributed by atoms with E-state index in [1.165, 1.54) is 12.1 Å². The van der Waals surface area contributed by atoms with E-state index >= 15 is 0 Å². The molecule has 0 aliphatic carbocycles. The molecule has 1 nitrogen and oxygen atoms in total. The molecule has 0 fully saturated rings. The van der Waals surface area contributed by atoms with Crippen molar-refractivity contribution in [2.24, 2.45) is 0 Å². The van der Waals surface area contributed by atoms with Gasteiger partial charge >= 0.3 is 0 Å². The van der Waals surface area contributed by atoms with Crippen LogP contribution in [-0.4, -0.2) is 7.11 Å². The SMILES string of the molecule is C#CCC(CC)c1cc(F)ccc1OC. The van der Waals surface area contributed by atoms with Crippen LogP contribution in [0.25, 0.3) is 0 Å². The predicted octanol–water partition coefficient (Wildman–Crippen LogP) is 3.35. The quantitative estimate of drug-likeness (QED) is 0.686. The average Bonchev–Trinajstić information content (AvgIpc) is 2.26. The number of methoxy groups -OCH3 is 1. The Morgan fingerprint density at radius 2 is 2.27 bits per heavy atom. The zero-order chi connectivity index (χ0) is 11.3. The first kappa shape index (κ1) is 11.6. The molecule has 1 aromatic carbocycles. The van der Waals surface area contributed by atoms with E-state index in [1.54, 1.807) is 13.2 Å². The molecule has 1 rings (SSSR count). The molecule has 0 heterocycles. The molecule has 1 aromatic rings. The third kappa shape index (κ3) is 2.73. The van der Waals surface area contributed by atoms with Gasteiger partial charge in [0.1, 0.15) is 11.6 Å². The van der Waals surface area contributed by atoms with Crippen molar-refractivity contribution in [2.75, 3.05) is 7.11 Å². The molecular formula is C13H15FO. The molecule has 0 aromatic heterocycles. The second-order valence-electron chi connectivity index (χ2n) is 3.40. The zero-order valence-electron chi connectivity index (χ0n) is 9.09. The first-order valence-corrected chi connectivity index (χ1v) is 4.99. The summed E-state index contributed by atoms with van der Waals surface area (Å²) in [6.07, 6.45) is 6.77. The normalized spacial score (nSPS) is 11.9. The van der Waals surface area contributed by atoms with Gasteiger partial charge in [0.05, 0.1) is 7.11 Å². The summed E-state index contributed by atoms with van der Waals surface area (Å²) in [7, 11) is 1.58. The lowest BCUT2D eigenvalue weighted by Crippen LogP contribution is -2.00. The number of halogens is 1. The van der Waals surface area contributed by atoms with Crippen LogP contribution >= 0.6 is 0 Å². The Bertz CT molecular complexity index is 365. The Labute approximate surface area is 90.3 Å². The number of terminal acetylenes is 1. The highest BCUT2D eigenvalue weighted by atomic mass is 19.1. The summed E-state index contributed by atoms with van der Waals surface area (Å²) in [6.45, 7) is 2.03. The first-order chi connectivity index (χ1) is 7.22.